The first-order valence-corrected chi connectivity index (χ1v) is 9.62. The monoisotopic (exact) mass is 383 g/mol. The quantitative estimate of drug-likeness (QED) is 0.519. The van der Waals surface area contributed by atoms with E-state index >= 15 is 0 Å². The van der Waals surface area contributed by atoms with Crippen LogP contribution in [0.4, 0.5) is 4.79 Å². The van der Waals surface area contributed by atoms with Crippen LogP contribution in [-0.4, -0.2) is 24.6 Å². The van der Waals surface area contributed by atoms with Crippen molar-refractivity contribution in [2.75, 3.05) is 6.54 Å². The van der Waals surface area contributed by atoms with Crippen molar-refractivity contribution >= 4 is 12.0 Å². The molecule has 2 aromatic rings. The Morgan fingerprint density at radius 1 is 0.893 bits per heavy atom. The fraction of sp³-hybridized carbons (Fsp3) is 0.364. The third-order valence-corrected chi connectivity index (χ3v) is 4.51. The van der Waals surface area contributed by atoms with Gasteiger partial charge in [-0.1, -0.05) is 54.6 Å². The summed E-state index contributed by atoms with van der Waals surface area (Å²) in [6.45, 7) is 0.875. The number of aryl methyl sites for hydroxylation is 2. The van der Waals surface area contributed by atoms with Crippen molar-refractivity contribution in [2.24, 2.45) is 11.5 Å². The van der Waals surface area contributed by atoms with Crippen molar-refractivity contribution in [1.82, 2.24) is 5.32 Å². The number of ether oxygens (including phenoxy) is 1. The first kappa shape index (κ1) is 21.4. The predicted molar refractivity (Wildman–Crippen MR) is 110 cm³/mol. The maximum atomic E-state index is 11.7. The van der Waals surface area contributed by atoms with Gasteiger partial charge in [0.2, 0.25) is 5.91 Å². The van der Waals surface area contributed by atoms with Gasteiger partial charge in [-0.2, -0.15) is 0 Å². The maximum Gasteiger partial charge on any atom is 0.407 e. The Bertz CT molecular complexity index is 732. The van der Waals surface area contributed by atoms with Gasteiger partial charge in [0.25, 0.3) is 0 Å². The van der Waals surface area contributed by atoms with E-state index in [4.69, 9.17) is 16.2 Å². The van der Waals surface area contributed by atoms with Crippen molar-refractivity contribution < 1.29 is 14.3 Å². The topological polar surface area (TPSA) is 107 Å². The van der Waals surface area contributed by atoms with E-state index in [-0.39, 0.29) is 12.7 Å². The molecule has 2 aromatic carbocycles. The zero-order valence-corrected chi connectivity index (χ0v) is 16.1. The van der Waals surface area contributed by atoms with Crippen LogP contribution in [0.1, 0.15) is 36.0 Å². The molecule has 0 bridgehead atoms. The van der Waals surface area contributed by atoms with Gasteiger partial charge in [0.15, 0.2) is 0 Å². The summed E-state index contributed by atoms with van der Waals surface area (Å²) < 4.78 is 5.17. The van der Waals surface area contributed by atoms with Crippen molar-refractivity contribution in [3.05, 3.63) is 71.3 Å². The van der Waals surface area contributed by atoms with Gasteiger partial charge < -0.3 is 21.5 Å². The molecule has 0 aliphatic carbocycles. The number of nitrogens with two attached hydrogens (primary N) is 2. The summed E-state index contributed by atoms with van der Waals surface area (Å²) in [6, 6.07) is 17.3. The molecule has 1 atom stereocenters. The second-order valence-electron chi connectivity index (χ2n) is 6.81. The molecule has 0 aliphatic rings. The van der Waals surface area contributed by atoms with E-state index in [1.165, 1.54) is 5.56 Å². The van der Waals surface area contributed by atoms with Gasteiger partial charge >= 0.3 is 6.09 Å². The van der Waals surface area contributed by atoms with Crippen LogP contribution in [0.15, 0.2) is 54.6 Å². The Kier molecular flexibility index (Phi) is 9.01. The van der Waals surface area contributed by atoms with Crippen molar-refractivity contribution in [3.63, 3.8) is 0 Å². The van der Waals surface area contributed by atoms with E-state index in [2.05, 4.69) is 29.6 Å². The van der Waals surface area contributed by atoms with Crippen molar-refractivity contribution in [2.45, 2.75) is 44.8 Å². The molecule has 0 fully saturated rings. The van der Waals surface area contributed by atoms with E-state index in [1.54, 1.807) is 0 Å². The Morgan fingerprint density at radius 3 is 2.18 bits per heavy atom. The fourth-order valence-corrected chi connectivity index (χ4v) is 2.76. The largest absolute Gasteiger partial charge is 0.445 e. The summed E-state index contributed by atoms with van der Waals surface area (Å²) in [5, 5.41) is 2.77. The molecule has 0 aliphatic heterocycles. The zero-order chi connectivity index (χ0) is 20.2. The molecule has 0 aromatic heterocycles. The Hall–Kier alpha value is -2.86. The lowest BCUT2D eigenvalue weighted by Gasteiger charge is -2.08. The van der Waals surface area contributed by atoms with Gasteiger partial charge in [0.05, 0.1) is 6.04 Å². The van der Waals surface area contributed by atoms with Crippen LogP contribution in [0.5, 0.6) is 0 Å². The van der Waals surface area contributed by atoms with Crippen LogP contribution in [0.25, 0.3) is 0 Å². The number of nitrogens with one attached hydrogen (secondary N) is 1. The van der Waals surface area contributed by atoms with E-state index in [9.17, 15) is 9.59 Å². The number of unbranched alkanes of at least 4 members (excludes halogenated alkanes) is 1. The fourth-order valence-electron chi connectivity index (χ4n) is 2.76. The lowest BCUT2D eigenvalue weighted by atomic mass is 10.0. The average molecular weight is 383 g/mol. The molecule has 2 amide bonds. The minimum Gasteiger partial charge on any atom is -0.445 e. The third kappa shape index (κ3) is 8.22. The number of hydrogen-bond acceptors (Lipinski definition) is 4. The molecular weight excluding hydrogens is 354 g/mol. The number of hydrogen-bond donors (Lipinski definition) is 3. The minimum atomic E-state index is -0.591. The van der Waals surface area contributed by atoms with E-state index in [1.807, 2.05) is 30.3 Å². The summed E-state index contributed by atoms with van der Waals surface area (Å²) in [7, 11) is 0. The summed E-state index contributed by atoms with van der Waals surface area (Å²) in [5.74, 6) is -0.464. The highest BCUT2D eigenvalue weighted by atomic mass is 16.5. The molecule has 0 spiro atoms. The highest BCUT2D eigenvalue weighted by Gasteiger charge is 2.08. The second-order valence-corrected chi connectivity index (χ2v) is 6.81. The number of alkyl carbamates (subject to hydrolysis) is 1. The molecule has 2 rings (SSSR count). The molecule has 0 saturated heterocycles. The lowest BCUT2D eigenvalue weighted by Crippen LogP contribution is -2.36. The minimum absolute atomic E-state index is 0.281. The van der Waals surface area contributed by atoms with Crippen LogP contribution >= 0.6 is 0 Å². The van der Waals surface area contributed by atoms with E-state index in [0.717, 1.165) is 36.8 Å². The highest BCUT2D eigenvalue weighted by Crippen LogP contribution is 2.10. The number of primary amides is 1. The van der Waals surface area contributed by atoms with Gasteiger partial charge in [-0.25, -0.2) is 4.79 Å². The van der Waals surface area contributed by atoms with Crippen LogP contribution < -0.4 is 16.8 Å². The lowest BCUT2D eigenvalue weighted by molar-refractivity contribution is -0.119. The first-order valence-electron chi connectivity index (χ1n) is 9.62. The van der Waals surface area contributed by atoms with Gasteiger partial charge in [-0.15, -0.1) is 0 Å². The van der Waals surface area contributed by atoms with Gasteiger partial charge in [-0.05, 0) is 48.8 Å². The molecule has 150 valence electrons. The standard InChI is InChI=1S/C22H29N3O3/c23-20(21(24)26)14-13-18-11-9-17(10-12-18)6-4-5-15-25-22(27)28-16-19-7-2-1-3-8-19/h1-3,7-12,20H,4-6,13-16,23H2,(H2,24,26)(H,25,27)/t20-/m0/s1. The number of amides is 2. The summed E-state index contributed by atoms with van der Waals surface area (Å²) >= 11 is 0. The Balaban J connectivity index is 1.56. The van der Waals surface area contributed by atoms with E-state index < -0.39 is 11.9 Å². The molecule has 5 N–H and O–H groups in total. The number of carbonyl (C=O) groups excluding carboxylic acids is 2. The zero-order valence-electron chi connectivity index (χ0n) is 16.1. The van der Waals surface area contributed by atoms with Crippen LogP contribution in [-0.2, 0) is 29.0 Å². The number of rotatable bonds is 11. The van der Waals surface area contributed by atoms with Crippen molar-refractivity contribution in [1.29, 1.82) is 0 Å². The number of benzene rings is 2. The van der Waals surface area contributed by atoms with Crippen molar-refractivity contribution in [3.8, 4) is 0 Å². The maximum absolute atomic E-state index is 11.7. The molecule has 0 radical (unpaired) electrons. The van der Waals surface area contributed by atoms with Gasteiger partial charge in [0.1, 0.15) is 6.61 Å². The predicted octanol–water partition coefficient (Wildman–Crippen LogP) is 2.68. The molecule has 0 unspecified atom stereocenters. The Labute approximate surface area is 166 Å². The van der Waals surface area contributed by atoms with Crippen LogP contribution in [0.3, 0.4) is 0 Å². The normalized spacial score (nSPS) is 11.6. The molecule has 6 nitrogen and oxygen atoms in total. The Morgan fingerprint density at radius 2 is 1.54 bits per heavy atom. The van der Waals surface area contributed by atoms with Crippen LogP contribution in [0.2, 0.25) is 0 Å². The summed E-state index contributed by atoms with van der Waals surface area (Å²) in [5.41, 5.74) is 14.2. The molecule has 0 saturated carbocycles. The number of carbonyl (C=O) groups is 2. The molecule has 6 heteroatoms. The van der Waals surface area contributed by atoms with Crippen LogP contribution in [0, 0.1) is 0 Å². The smallest absolute Gasteiger partial charge is 0.407 e. The summed E-state index contributed by atoms with van der Waals surface area (Å²) in [6.07, 6.45) is 3.71. The second kappa shape index (κ2) is 11.8. The average Bonchev–Trinajstić information content (AvgIpc) is 2.71. The third-order valence-electron chi connectivity index (χ3n) is 4.51. The van der Waals surface area contributed by atoms with Gasteiger partial charge in [-0.3, -0.25) is 4.79 Å². The summed E-state index contributed by atoms with van der Waals surface area (Å²) in [4.78, 5) is 22.6. The molecule has 28 heavy (non-hydrogen) atoms. The first-order chi connectivity index (χ1) is 13.5. The molecule has 0 heterocycles. The van der Waals surface area contributed by atoms with E-state index in [0.29, 0.717) is 13.0 Å². The highest BCUT2D eigenvalue weighted by molar-refractivity contribution is 5.79. The SMILES string of the molecule is NC(=O)[C@@H](N)CCc1ccc(CCCCNC(=O)OCc2ccccc2)cc1. The van der Waals surface area contributed by atoms with Gasteiger partial charge in [0, 0.05) is 6.54 Å². The molecular formula is C22H29N3O3.